The fourth-order valence-corrected chi connectivity index (χ4v) is 4.45. The average Bonchev–Trinajstić information content (AvgIpc) is 3.16. The molecule has 8 nitrogen and oxygen atoms in total. The zero-order valence-corrected chi connectivity index (χ0v) is 19.5. The molecule has 0 bridgehead atoms. The minimum Gasteiger partial charge on any atom is -0.337 e. The van der Waals surface area contributed by atoms with Gasteiger partial charge >= 0.3 is 6.03 Å². The van der Waals surface area contributed by atoms with E-state index in [4.69, 9.17) is 11.6 Å². The lowest BCUT2D eigenvalue weighted by atomic mass is 10.2. The van der Waals surface area contributed by atoms with Crippen LogP contribution in [0.5, 0.6) is 0 Å². The molecule has 0 saturated carbocycles. The largest absolute Gasteiger partial charge is 0.337 e. The number of carbonyl (C=O) groups is 1. The number of nitrogens with one attached hydrogen (secondary N) is 2. The number of anilines is 3. The van der Waals surface area contributed by atoms with Crippen LogP contribution < -0.4 is 15.5 Å². The molecule has 2 aromatic heterocycles. The number of benzene rings is 1. The molecule has 1 aliphatic rings. The summed E-state index contributed by atoms with van der Waals surface area (Å²) in [7, 11) is 3.85. The fourth-order valence-electron chi connectivity index (χ4n) is 3.46. The number of halogens is 2. The van der Waals surface area contributed by atoms with Gasteiger partial charge in [-0.05, 0) is 37.4 Å². The van der Waals surface area contributed by atoms with Crippen molar-refractivity contribution in [1.29, 1.82) is 0 Å². The standard InChI is InChI=1S/C21H25ClFN7OS/c1-28-9-11-30(12-10-28)8-7-24-20(31)27-21-25-16-4-6-18(26-19(16)32-21)29(2)17-5-3-14(22)13-15(17)23/h3-6,13H,7-12H2,1-2H3,(H2,24,25,27,31). The van der Waals surface area contributed by atoms with Crippen LogP contribution in [-0.4, -0.2) is 79.2 Å². The number of piperazine rings is 1. The number of aromatic nitrogens is 2. The van der Waals surface area contributed by atoms with Gasteiger partial charge in [0.05, 0.1) is 5.69 Å². The second kappa shape index (κ2) is 9.95. The zero-order valence-electron chi connectivity index (χ0n) is 17.9. The maximum atomic E-state index is 14.3. The van der Waals surface area contributed by atoms with E-state index >= 15 is 0 Å². The lowest BCUT2D eigenvalue weighted by molar-refractivity contribution is 0.155. The van der Waals surface area contributed by atoms with Crippen molar-refractivity contribution in [1.82, 2.24) is 25.1 Å². The molecule has 1 aliphatic heterocycles. The number of thiazole rings is 1. The first kappa shape index (κ1) is 22.7. The van der Waals surface area contributed by atoms with Crippen LogP contribution in [0.2, 0.25) is 5.02 Å². The first-order valence-corrected chi connectivity index (χ1v) is 11.5. The highest BCUT2D eigenvalue weighted by molar-refractivity contribution is 7.22. The minimum atomic E-state index is -0.429. The molecule has 2 amide bonds. The van der Waals surface area contributed by atoms with Gasteiger partial charge in [-0.1, -0.05) is 22.9 Å². The summed E-state index contributed by atoms with van der Waals surface area (Å²) in [6.07, 6.45) is 0. The van der Waals surface area contributed by atoms with Crippen LogP contribution in [-0.2, 0) is 0 Å². The highest BCUT2D eigenvalue weighted by Gasteiger charge is 2.15. The van der Waals surface area contributed by atoms with Gasteiger partial charge in [0.1, 0.15) is 22.0 Å². The van der Waals surface area contributed by atoms with Crippen molar-refractivity contribution in [2.24, 2.45) is 0 Å². The van der Waals surface area contributed by atoms with Crippen LogP contribution in [0.3, 0.4) is 0 Å². The van der Waals surface area contributed by atoms with Crippen LogP contribution in [0.4, 0.5) is 25.8 Å². The van der Waals surface area contributed by atoms with E-state index in [1.54, 1.807) is 36.2 Å². The Morgan fingerprint density at radius 3 is 2.75 bits per heavy atom. The Kier molecular flexibility index (Phi) is 7.04. The van der Waals surface area contributed by atoms with Crippen molar-refractivity contribution in [2.75, 3.05) is 63.6 Å². The quantitative estimate of drug-likeness (QED) is 0.564. The van der Waals surface area contributed by atoms with Crippen molar-refractivity contribution < 1.29 is 9.18 Å². The number of urea groups is 1. The number of hydrogen-bond acceptors (Lipinski definition) is 7. The van der Waals surface area contributed by atoms with E-state index < -0.39 is 5.82 Å². The third kappa shape index (κ3) is 5.44. The van der Waals surface area contributed by atoms with Crippen molar-refractivity contribution >= 4 is 56.0 Å². The summed E-state index contributed by atoms with van der Waals surface area (Å²) in [6.45, 7) is 5.51. The SMILES string of the molecule is CN1CCN(CCNC(=O)Nc2nc3ccc(N(C)c4ccc(Cl)cc4F)nc3s2)CC1. The molecule has 1 saturated heterocycles. The molecule has 11 heteroatoms. The predicted octanol–water partition coefficient (Wildman–Crippen LogP) is 3.62. The molecule has 0 radical (unpaired) electrons. The molecule has 170 valence electrons. The maximum Gasteiger partial charge on any atom is 0.321 e. The second-order valence-corrected chi connectivity index (χ2v) is 9.11. The van der Waals surface area contributed by atoms with E-state index in [9.17, 15) is 9.18 Å². The van der Waals surface area contributed by atoms with Crippen molar-refractivity contribution in [3.8, 4) is 0 Å². The number of hydrogen-bond donors (Lipinski definition) is 2. The lowest BCUT2D eigenvalue weighted by Crippen LogP contribution is -2.47. The first-order valence-electron chi connectivity index (χ1n) is 10.3. The van der Waals surface area contributed by atoms with Crippen LogP contribution in [0.15, 0.2) is 30.3 Å². The molecule has 1 fully saturated rings. The molecule has 0 aliphatic carbocycles. The van der Waals surface area contributed by atoms with Crippen LogP contribution >= 0.6 is 22.9 Å². The topological polar surface area (TPSA) is 76.6 Å². The van der Waals surface area contributed by atoms with Crippen LogP contribution in [0.25, 0.3) is 10.3 Å². The van der Waals surface area contributed by atoms with Gasteiger partial charge < -0.3 is 15.1 Å². The molecule has 32 heavy (non-hydrogen) atoms. The zero-order chi connectivity index (χ0) is 22.7. The number of fused-ring (bicyclic) bond motifs is 1. The van der Waals surface area contributed by atoms with Gasteiger partial charge in [-0.3, -0.25) is 10.2 Å². The van der Waals surface area contributed by atoms with Gasteiger partial charge in [0.2, 0.25) is 0 Å². The second-order valence-electron chi connectivity index (χ2n) is 7.69. The van der Waals surface area contributed by atoms with E-state index in [-0.39, 0.29) is 6.03 Å². The smallest absolute Gasteiger partial charge is 0.321 e. The number of likely N-dealkylation sites (N-methyl/N-ethyl adjacent to an activating group) is 1. The third-order valence-electron chi connectivity index (χ3n) is 5.39. The summed E-state index contributed by atoms with van der Waals surface area (Å²) in [4.78, 5) is 28.2. The summed E-state index contributed by atoms with van der Waals surface area (Å²) >= 11 is 7.11. The Balaban J connectivity index is 1.35. The number of nitrogens with zero attached hydrogens (tertiary/aromatic N) is 5. The summed E-state index contributed by atoms with van der Waals surface area (Å²) in [5.74, 6) is 0.132. The van der Waals surface area contributed by atoms with Gasteiger partial charge in [-0.2, -0.15) is 0 Å². The molecule has 2 N–H and O–H groups in total. The molecule has 3 heterocycles. The average molecular weight is 478 g/mol. The Morgan fingerprint density at radius 1 is 1.22 bits per heavy atom. The fraction of sp³-hybridized carbons (Fsp3) is 0.381. The summed E-state index contributed by atoms with van der Waals surface area (Å²) < 4.78 is 14.3. The Morgan fingerprint density at radius 2 is 2.00 bits per heavy atom. The Bertz CT molecular complexity index is 1100. The first-order chi connectivity index (χ1) is 15.4. The molecular weight excluding hydrogens is 453 g/mol. The number of pyridine rings is 1. The molecular formula is C21H25ClFN7OS. The molecule has 0 atom stereocenters. The van der Waals surface area contributed by atoms with E-state index in [0.29, 0.717) is 38.6 Å². The van der Waals surface area contributed by atoms with Gasteiger partial charge in [0, 0.05) is 51.3 Å². The molecule has 0 spiro atoms. The van der Waals surface area contributed by atoms with Crippen molar-refractivity contribution in [3.05, 3.63) is 41.2 Å². The third-order valence-corrected chi connectivity index (χ3v) is 6.50. The molecule has 0 unspecified atom stereocenters. The monoisotopic (exact) mass is 477 g/mol. The van der Waals surface area contributed by atoms with Crippen LogP contribution in [0.1, 0.15) is 0 Å². The van der Waals surface area contributed by atoms with Crippen LogP contribution in [0, 0.1) is 5.82 Å². The highest BCUT2D eigenvalue weighted by Crippen LogP contribution is 2.30. The molecule has 4 rings (SSSR count). The predicted molar refractivity (Wildman–Crippen MR) is 128 cm³/mol. The summed E-state index contributed by atoms with van der Waals surface area (Å²) in [6, 6.07) is 7.77. The number of rotatable bonds is 6. The Hall–Kier alpha value is -2.53. The van der Waals surface area contributed by atoms with E-state index in [0.717, 1.165) is 32.7 Å². The Labute approximate surface area is 195 Å². The summed E-state index contributed by atoms with van der Waals surface area (Å²) in [5.41, 5.74) is 1.03. The maximum absolute atomic E-state index is 14.3. The molecule has 1 aromatic carbocycles. The van der Waals surface area contributed by atoms with E-state index in [1.165, 1.54) is 17.4 Å². The van der Waals surface area contributed by atoms with Gasteiger partial charge in [0.15, 0.2) is 5.13 Å². The summed E-state index contributed by atoms with van der Waals surface area (Å²) in [5, 5.41) is 6.45. The van der Waals surface area contributed by atoms with E-state index in [2.05, 4.69) is 37.4 Å². The molecule has 3 aromatic rings. The normalized spacial score (nSPS) is 15.1. The minimum absolute atomic E-state index is 0.293. The van der Waals surface area contributed by atoms with Crippen molar-refractivity contribution in [2.45, 2.75) is 0 Å². The number of carbonyl (C=O) groups excluding carboxylic acids is 1. The highest BCUT2D eigenvalue weighted by atomic mass is 35.5. The van der Waals surface area contributed by atoms with E-state index in [1.807, 2.05) is 0 Å². The lowest BCUT2D eigenvalue weighted by Gasteiger charge is -2.32. The van der Waals surface area contributed by atoms with Gasteiger partial charge in [0.25, 0.3) is 0 Å². The van der Waals surface area contributed by atoms with Gasteiger partial charge in [-0.15, -0.1) is 0 Å². The van der Waals surface area contributed by atoms with Gasteiger partial charge in [-0.25, -0.2) is 19.2 Å². The number of amides is 2. The van der Waals surface area contributed by atoms with Crippen molar-refractivity contribution in [3.63, 3.8) is 0 Å².